The molecule has 0 saturated carbocycles. The fraction of sp³-hybridized carbons (Fsp3) is 0.450. The minimum Gasteiger partial charge on any atom is -0.462 e. The van der Waals surface area contributed by atoms with Crippen molar-refractivity contribution in [3.05, 3.63) is 47.5 Å². The molecule has 1 aromatic rings. The predicted octanol–water partition coefficient (Wildman–Crippen LogP) is 5.26. The van der Waals surface area contributed by atoms with Gasteiger partial charge in [-0.15, -0.1) is 0 Å². The van der Waals surface area contributed by atoms with Gasteiger partial charge in [0.1, 0.15) is 4.88 Å². The maximum Gasteiger partial charge on any atom is 0.350 e. The Bertz CT molecular complexity index is 695. The summed E-state index contributed by atoms with van der Waals surface area (Å²) in [4.78, 5) is 29.5. The van der Waals surface area contributed by atoms with E-state index in [0.29, 0.717) is 10.8 Å². The number of esters is 1. The monoisotopic (exact) mass is 410 g/mol. The average molecular weight is 411 g/mol. The van der Waals surface area contributed by atoms with Crippen LogP contribution in [0.1, 0.15) is 61.2 Å². The number of thiazole rings is 1. The molecular weight excluding hydrogens is 380 g/mol. The fourth-order valence-electron chi connectivity index (χ4n) is 2.16. The van der Waals surface area contributed by atoms with Gasteiger partial charge >= 0.3 is 5.97 Å². The third-order valence-corrected chi connectivity index (χ3v) is 5.73. The van der Waals surface area contributed by atoms with E-state index in [1.807, 2.05) is 34.0 Å². The number of ether oxygens (including phenoxy) is 1. The topological polar surface area (TPSA) is 68.3 Å². The number of allylic oxidation sites excluding steroid dienone is 2. The van der Waals surface area contributed by atoms with Crippen molar-refractivity contribution in [2.75, 3.05) is 12.9 Å². The van der Waals surface area contributed by atoms with E-state index in [-0.39, 0.29) is 17.2 Å². The van der Waals surface area contributed by atoms with Gasteiger partial charge in [0, 0.05) is 0 Å². The number of aromatic nitrogens is 1. The number of amides is 1. The third-order valence-electron chi connectivity index (χ3n) is 3.71. The Hall–Kier alpha value is -1.86. The average Bonchev–Trinajstić information content (AvgIpc) is 3.12. The minimum atomic E-state index is -0.651. The summed E-state index contributed by atoms with van der Waals surface area (Å²) >= 11 is 2.54. The van der Waals surface area contributed by atoms with Crippen LogP contribution in [0.25, 0.3) is 0 Å². The Kier molecular flexibility index (Phi) is 11.7. The number of thioether (sulfide) groups is 1. The molecule has 1 atom stereocenters. The number of nitrogens with zero attached hydrogens (tertiary/aromatic N) is 1. The van der Waals surface area contributed by atoms with E-state index < -0.39 is 17.4 Å². The second kappa shape index (κ2) is 12.5. The van der Waals surface area contributed by atoms with Gasteiger partial charge in [-0.25, -0.2) is 9.78 Å². The van der Waals surface area contributed by atoms with Crippen LogP contribution in [0.4, 0.5) is 0 Å². The largest absolute Gasteiger partial charge is 0.462 e. The van der Waals surface area contributed by atoms with E-state index in [2.05, 4.69) is 23.5 Å². The van der Waals surface area contributed by atoms with E-state index in [0.717, 1.165) is 16.9 Å². The molecule has 1 aromatic heterocycles. The zero-order valence-electron chi connectivity index (χ0n) is 17.0. The van der Waals surface area contributed by atoms with Gasteiger partial charge in [-0.1, -0.05) is 75.3 Å². The van der Waals surface area contributed by atoms with Gasteiger partial charge in [-0.2, -0.15) is 0 Å². The molecule has 0 aromatic carbocycles. The first kappa shape index (κ1) is 25.1. The lowest BCUT2D eigenvalue weighted by Crippen LogP contribution is -2.47. The predicted molar refractivity (Wildman–Crippen MR) is 116 cm³/mol. The lowest BCUT2D eigenvalue weighted by atomic mass is 9.88. The van der Waals surface area contributed by atoms with Crippen molar-refractivity contribution >= 4 is 35.0 Å². The molecule has 1 rings (SSSR count). The number of hydrogen-bond donors (Lipinski definition) is 1. The van der Waals surface area contributed by atoms with Gasteiger partial charge in [0.2, 0.25) is 0 Å². The number of rotatable bonds is 9. The molecule has 1 heterocycles. The summed E-state index contributed by atoms with van der Waals surface area (Å²) in [6.07, 6.45) is 7.62. The van der Waals surface area contributed by atoms with Gasteiger partial charge in [0.05, 0.1) is 12.1 Å². The highest BCUT2D eigenvalue weighted by atomic mass is 32.2. The summed E-state index contributed by atoms with van der Waals surface area (Å²) in [6.45, 7) is 17.3. The lowest BCUT2D eigenvalue weighted by molar-refractivity contribution is 0.0527. The molecule has 1 N–H and O–H groups in total. The highest BCUT2D eigenvalue weighted by molar-refractivity contribution is 8.00. The molecule has 0 fully saturated rings. The highest BCUT2D eigenvalue weighted by Crippen LogP contribution is 2.28. The molecule has 0 aliphatic heterocycles. The maximum atomic E-state index is 12.8. The van der Waals surface area contributed by atoms with E-state index in [1.54, 1.807) is 25.2 Å². The Morgan fingerprint density at radius 2 is 1.96 bits per heavy atom. The first-order chi connectivity index (χ1) is 12.9. The molecule has 27 heavy (non-hydrogen) atoms. The van der Waals surface area contributed by atoms with Gasteiger partial charge in [0.15, 0.2) is 10.0 Å². The molecule has 0 radical (unpaired) electrons. The maximum absolute atomic E-state index is 12.8. The van der Waals surface area contributed by atoms with Crippen LogP contribution in [-0.4, -0.2) is 35.3 Å². The Morgan fingerprint density at radius 1 is 1.33 bits per heavy atom. The Balaban J connectivity index is 0.00000326. The number of hydrogen-bond acceptors (Lipinski definition) is 6. The van der Waals surface area contributed by atoms with E-state index in [9.17, 15) is 9.59 Å². The molecule has 0 spiro atoms. The lowest BCUT2D eigenvalue weighted by Gasteiger charge is -2.31. The molecule has 150 valence electrons. The first-order valence-electron chi connectivity index (χ1n) is 8.86. The third kappa shape index (κ3) is 6.66. The van der Waals surface area contributed by atoms with Gasteiger partial charge in [0.25, 0.3) is 5.91 Å². The van der Waals surface area contributed by atoms with Crippen molar-refractivity contribution in [1.29, 1.82) is 0 Å². The summed E-state index contributed by atoms with van der Waals surface area (Å²) in [5.74, 6) is -0.949. The molecule has 1 unspecified atom stereocenters. The van der Waals surface area contributed by atoms with Crippen molar-refractivity contribution in [2.45, 2.75) is 50.9 Å². The van der Waals surface area contributed by atoms with Gasteiger partial charge in [-0.3, -0.25) is 4.79 Å². The standard InChI is InChI=1S/C18H24N2O3S2.C2H6/c1-7-11-12(8-2)18(5,9-3)20-15(21)13-14(16(22)23-10-4)25-17(19-13)24-6;1-2/h7-8,11H,1-2,9-10H2,3-6H3,(H,20,21);1-2H3/b12-11+;. The summed E-state index contributed by atoms with van der Waals surface area (Å²) < 4.78 is 5.68. The smallest absolute Gasteiger partial charge is 0.350 e. The fourth-order valence-corrected chi connectivity index (χ4v) is 3.61. The second-order valence-electron chi connectivity index (χ2n) is 5.28. The molecule has 5 nitrogen and oxygen atoms in total. The van der Waals surface area contributed by atoms with Crippen LogP contribution in [0.3, 0.4) is 0 Å². The van der Waals surface area contributed by atoms with Crippen molar-refractivity contribution in [2.24, 2.45) is 0 Å². The zero-order valence-corrected chi connectivity index (χ0v) is 18.7. The minimum absolute atomic E-state index is 0.0921. The Labute approximate surface area is 171 Å². The SMILES string of the molecule is C=C/C=C(\C=C)C(C)(CC)NC(=O)c1nc(SC)sc1C(=O)OCC.CC. The zero-order chi connectivity index (χ0) is 21.0. The van der Waals surface area contributed by atoms with Crippen molar-refractivity contribution in [3.63, 3.8) is 0 Å². The molecule has 0 bridgehead atoms. The van der Waals surface area contributed by atoms with Crippen molar-refractivity contribution < 1.29 is 14.3 Å². The van der Waals surface area contributed by atoms with Crippen molar-refractivity contribution in [3.8, 4) is 0 Å². The van der Waals surface area contributed by atoms with Crippen LogP contribution in [-0.2, 0) is 4.74 Å². The van der Waals surface area contributed by atoms with Crippen LogP contribution < -0.4 is 5.32 Å². The van der Waals surface area contributed by atoms with Crippen LogP contribution >= 0.6 is 23.1 Å². The quantitative estimate of drug-likeness (QED) is 0.341. The van der Waals surface area contributed by atoms with E-state index in [1.165, 1.54) is 11.8 Å². The van der Waals surface area contributed by atoms with Crippen LogP contribution in [0.5, 0.6) is 0 Å². The van der Waals surface area contributed by atoms with Gasteiger partial charge < -0.3 is 10.1 Å². The van der Waals surface area contributed by atoms with Crippen LogP contribution in [0, 0.1) is 0 Å². The second-order valence-corrected chi connectivity index (χ2v) is 7.34. The molecule has 0 aliphatic rings. The van der Waals surface area contributed by atoms with Crippen LogP contribution in [0.15, 0.2) is 41.3 Å². The molecule has 1 amide bonds. The first-order valence-corrected chi connectivity index (χ1v) is 10.9. The van der Waals surface area contributed by atoms with E-state index in [4.69, 9.17) is 4.74 Å². The van der Waals surface area contributed by atoms with Crippen molar-refractivity contribution in [1.82, 2.24) is 10.3 Å². The summed E-state index contributed by atoms with van der Waals surface area (Å²) in [7, 11) is 0. The molecule has 7 heteroatoms. The number of nitrogens with one attached hydrogen (secondary N) is 1. The summed E-state index contributed by atoms with van der Waals surface area (Å²) in [5, 5.41) is 2.97. The van der Waals surface area contributed by atoms with Gasteiger partial charge in [-0.05, 0) is 32.1 Å². The summed E-state index contributed by atoms with van der Waals surface area (Å²) in [6, 6.07) is 0. The van der Waals surface area contributed by atoms with E-state index >= 15 is 0 Å². The molecular formula is C20H30N2O3S2. The molecule has 0 aliphatic carbocycles. The number of carbonyl (C=O) groups excluding carboxylic acids is 2. The Morgan fingerprint density at radius 3 is 2.41 bits per heavy atom. The molecule has 0 saturated heterocycles. The van der Waals surface area contributed by atoms with Crippen LogP contribution in [0.2, 0.25) is 0 Å². The summed E-state index contributed by atoms with van der Waals surface area (Å²) in [5.41, 5.74) is 0.271. The number of carbonyl (C=O) groups is 2. The highest BCUT2D eigenvalue weighted by Gasteiger charge is 2.31. The normalized spacial score (nSPS) is 12.9.